The van der Waals surface area contributed by atoms with Crippen LogP contribution in [0.15, 0.2) is 36.9 Å². The van der Waals surface area contributed by atoms with E-state index in [-0.39, 0.29) is 0 Å². The van der Waals surface area contributed by atoms with Crippen LogP contribution in [0.3, 0.4) is 0 Å². The molecule has 0 saturated carbocycles. The monoisotopic (exact) mass is 258 g/mol. The van der Waals surface area contributed by atoms with Crippen molar-refractivity contribution in [1.29, 1.82) is 0 Å². The predicted octanol–water partition coefficient (Wildman–Crippen LogP) is 0.879. The second-order valence-electron chi connectivity index (χ2n) is 4.19. The van der Waals surface area contributed by atoms with Gasteiger partial charge >= 0.3 is 0 Å². The van der Waals surface area contributed by atoms with E-state index in [0.29, 0.717) is 13.1 Å². The van der Waals surface area contributed by atoms with Crippen LogP contribution in [-0.4, -0.2) is 35.1 Å². The van der Waals surface area contributed by atoms with Crippen molar-refractivity contribution >= 4 is 11.6 Å². The lowest BCUT2D eigenvalue weighted by Gasteiger charge is -2.18. The van der Waals surface area contributed by atoms with Gasteiger partial charge in [0.15, 0.2) is 0 Å². The van der Waals surface area contributed by atoms with E-state index >= 15 is 0 Å². The van der Waals surface area contributed by atoms with Crippen molar-refractivity contribution in [3.63, 3.8) is 0 Å². The molecule has 0 radical (unpaired) electrons. The molecule has 0 aliphatic rings. The Morgan fingerprint density at radius 1 is 1.26 bits per heavy atom. The quantitative estimate of drug-likeness (QED) is 0.800. The maximum Gasteiger partial charge on any atom is 0.134 e. The van der Waals surface area contributed by atoms with Gasteiger partial charge < -0.3 is 16.0 Å². The van der Waals surface area contributed by atoms with Crippen molar-refractivity contribution in [2.24, 2.45) is 5.73 Å². The van der Waals surface area contributed by atoms with Crippen LogP contribution in [0.1, 0.15) is 5.56 Å². The summed E-state index contributed by atoms with van der Waals surface area (Å²) >= 11 is 0. The molecular formula is C13H18N6. The van der Waals surface area contributed by atoms with E-state index in [1.807, 2.05) is 25.2 Å². The Bertz CT molecular complexity index is 501. The van der Waals surface area contributed by atoms with Crippen molar-refractivity contribution < 1.29 is 0 Å². The average molecular weight is 258 g/mol. The number of aromatic nitrogens is 3. The van der Waals surface area contributed by atoms with Crippen molar-refractivity contribution in [3.8, 4) is 0 Å². The normalized spacial score (nSPS) is 10.2. The number of nitrogens with two attached hydrogens (primary N) is 1. The molecule has 2 aromatic rings. The zero-order chi connectivity index (χ0) is 13.5. The van der Waals surface area contributed by atoms with E-state index in [4.69, 9.17) is 5.73 Å². The minimum Gasteiger partial charge on any atom is -0.369 e. The van der Waals surface area contributed by atoms with E-state index in [1.54, 1.807) is 18.7 Å². The van der Waals surface area contributed by atoms with E-state index in [9.17, 15) is 0 Å². The molecule has 2 rings (SSSR count). The Kier molecular flexibility index (Phi) is 4.63. The minimum atomic E-state index is 0.576. The summed E-state index contributed by atoms with van der Waals surface area (Å²) in [7, 11) is 2.00. The van der Waals surface area contributed by atoms with Crippen LogP contribution in [0.5, 0.6) is 0 Å². The molecule has 100 valence electrons. The number of hydrogen-bond donors (Lipinski definition) is 2. The smallest absolute Gasteiger partial charge is 0.134 e. The average Bonchev–Trinajstić information content (AvgIpc) is 2.46. The molecule has 3 N–H and O–H groups in total. The fourth-order valence-electron chi connectivity index (χ4n) is 1.70. The first-order chi connectivity index (χ1) is 9.29. The Balaban J connectivity index is 2.04. The maximum absolute atomic E-state index is 5.45. The van der Waals surface area contributed by atoms with Crippen molar-refractivity contribution in [2.45, 2.75) is 6.54 Å². The Morgan fingerprint density at radius 2 is 2.05 bits per heavy atom. The third kappa shape index (κ3) is 3.89. The Labute approximate surface area is 112 Å². The Hall–Kier alpha value is -2.21. The summed E-state index contributed by atoms with van der Waals surface area (Å²) in [5, 5.41) is 3.14. The minimum absolute atomic E-state index is 0.576. The third-order valence-electron chi connectivity index (χ3n) is 2.66. The second kappa shape index (κ2) is 6.65. The predicted molar refractivity (Wildman–Crippen MR) is 75.9 cm³/mol. The molecular weight excluding hydrogens is 240 g/mol. The maximum atomic E-state index is 5.45. The van der Waals surface area contributed by atoms with Crippen LogP contribution >= 0.6 is 0 Å². The molecule has 0 bridgehead atoms. The number of nitrogens with zero attached hydrogens (tertiary/aromatic N) is 4. The van der Waals surface area contributed by atoms with Gasteiger partial charge in [-0.2, -0.15) is 0 Å². The summed E-state index contributed by atoms with van der Waals surface area (Å²) in [6.45, 7) is 2.05. The van der Waals surface area contributed by atoms with E-state index in [0.717, 1.165) is 18.2 Å². The molecule has 0 aliphatic heterocycles. The van der Waals surface area contributed by atoms with Gasteiger partial charge in [0, 0.05) is 45.1 Å². The third-order valence-corrected chi connectivity index (χ3v) is 2.66. The molecule has 0 spiro atoms. The van der Waals surface area contributed by atoms with Crippen LogP contribution in [0, 0.1) is 0 Å². The fraction of sp³-hybridized carbons (Fsp3) is 0.308. The van der Waals surface area contributed by atoms with Gasteiger partial charge in [-0.25, -0.2) is 9.97 Å². The highest BCUT2D eigenvalue weighted by Crippen LogP contribution is 2.14. The highest BCUT2D eigenvalue weighted by Gasteiger charge is 2.05. The Morgan fingerprint density at radius 3 is 2.79 bits per heavy atom. The summed E-state index contributed by atoms with van der Waals surface area (Å²) < 4.78 is 0. The van der Waals surface area contributed by atoms with Gasteiger partial charge in [-0.05, 0) is 17.7 Å². The molecule has 0 aromatic carbocycles. The van der Waals surface area contributed by atoms with Gasteiger partial charge in [0.25, 0.3) is 0 Å². The van der Waals surface area contributed by atoms with Crippen LogP contribution in [0.25, 0.3) is 0 Å². The first-order valence-electron chi connectivity index (χ1n) is 6.15. The molecule has 0 amide bonds. The topological polar surface area (TPSA) is 80.0 Å². The van der Waals surface area contributed by atoms with Gasteiger partial charge in [-0.3, -0.25) is 4.98 Å². The lowest BCUT2D eigenvalue weighted by atomic mass is 10.2. The highest BCUT2D eigenvalue weighted by atomic mass is 15.2. The molecule has 0 atom stereocenters. The van der Waals surface area contributed by atoms with Crippen LogP contribution in [-0.2, 0) is 6.54 Å². The number of nitrogens with one attached hydrogen (secondary N) is 1. The van der Waals surface area contributed by atoms with Crippen LogP contribution in [0.4, 0.5) is 11.6 Å². The SMILES string of the molecule is CN(Cc1ccncc1)c1cc(NCCN)ncn1. The number of pyridine rings is 1. The summed E-state index contributed by atoms with van der Waals surface area (Å²) in [5.74, 6) is 1.66. The first kappa shape index (κ1) is 13.2. The number of anilines is 2. The van der Waals surface area contributed by atoms with E-state index in [2.05, 4.69) is 25.2 Å². The van der Waals surface area contributed by atoms with Gasteiger partial charge in [0.1, 0.15) is 18.0 Å². The molecule has 19 heavy (non-hydrogen) atoms. The zero-order valence-corrected chi connectivity index (χ0v) is 11.0. The van der Waals surface area contributed by atoms with E-state index < -0.39 is 0 Å². The summed E-state index contributed by atoms with van der Waals surface area (Å²) in [6.07, 6.45) is 5.13. The van der Waals surface area contributed by atoms with Crippen LogP contribution in [0.2, 0.25) is 0 Å². The molecule has 2 aromatic heterocycles. The number of rotatable bonds is 6. The fourth-order valence-corrected chi connectivity index (χ4v) is 1.70. The molecule has 0 fully saturated rings. The van der Waals surface area contributed by atoms with Crippen LogP contribution < -0.4 is 16.0 Å². The second-order valence-corrected chi connectivity index (χ2v) is 4.19. The highest BCUT2D eigenvalue weighted by molar-refractivity contribution is 5.48. The summed E-state index contributed by atoms with van der Waals surface area (Å²) in [5.41, 5.74) is 6.64. The van der Waals surface area contributed by atoms with E-state index in [1.165, 1.54) is 5.56 Å². The zero-order valence-electron chi connectivity index (χ0n) is 11.0. The summed E-state index contributed by atoms with van der Waals surface area (Å²) in [6, 6.07) is 5.90. The van der Waals surface area contributed by atoms with Gasteiger partial charge in [-0.15, -0.1) is 0 Å². The van der Waals surface area contributed by atoms with Gasteiger partial charge in [-0.1, -0.05) is 0 Å². The van der Waals surface area contributed by atoms with Gasteiger partial charge in [0.05, 0.1) is 0 Å². The standard InChI is InChI=1S/C13H18N6/c1-19(9-11-2-5-15-6-3-11)13-8-12(16-7-4-14)17-10-18-13/h2-3,5-6,8,10H,4,7,9,14H2,1H3,(H,16,17,18). The van der Waals surface area contributed by atoms with Crippen molar-refractivity contribution in [2.75, 3.05) is 30.4 Å². The molecule has 2 heterocycles. The molecule has 0 unspecified atom stereocenters. The largest absolute Gasteiger partial charge is 0.369 e. The molecule has 6 nitrogen and oxygen atoms in total. The summed E-state index contributed by atoms with van der Waals surface area (Å²) in [4.78, 5) is 14.5. The number of hydrogen-bond acceptors (Lipinski definition) is 6. The molecule has 0 saturated heterocycles. The van der Waals surface area contributed by atoms with Crippen molar-refractivity contribution in [3.05, 3.63) is 42.5 Å². The first-order valence-corrected chi connectivity index (χ1v) is 6.15. The lowest BCUT2D eigenvalue weighted by molar-refractivity contribution is 0.887. The van der Waals surface area contributed by atoms with Gasteiger partial charge in [0.2, 0.25) is 0 Å². The lowest BCUT2D eigenvalue weighted by Crippen LogP contribution is -2.19. The molecule has 0 aliphatic carbocycles. The molecule has 6 heteroatoms. The van der Waals surface area contributed by atoms with Crippen molar-refractivity contribution in [1.82, 2.24) is 15.0 Å².